The fourth-order valence-electron chi connectivity index (χ4n) is 7.32. The number of aliphatic hydroxyl groups is 1. The third-order valence-electron chi connectivity index (χ3n) is 10.4. The van der Waals surface area contributed by atoms with Crippen LogP contribution in [0.25, 0.3) is 0 Å². The standard InChI is InChI=1S/C48H54O10/c1-34-42(52-29-36-20-10-4-11-21-36)44(53-30-37-22-12-5-13-23-37)46(55-32-39-26-16-7-17-27-39)48(56-34)58-43-41(49)40(33-51-28-35-18-8-3-9-19-35)57-47(50-2)45(43)54-31-38-24-14-6-15-25-38/h3-27,34,40-49H,28-33H2,1-2H3/t34-,40-,41+,42+,43+,44+,45-,46-,47+,48-/m1/s1. The average molecular weight is 791 g/mol. The highest BCUT2D eigenvalue weighted by Crippen LogP contribution is 2.35. The van der Waals surface area contributed by atoms with Gasteiger partial charge < -0.3 is 47.7 Å². The van der Waals surface area contributed by atoms with Gasteiger partial charge in [0.25, 0.3) is 0 Å². The van der Waals surface area contributed by atoms with Gasteiger partial charge in [-0.15, -0.1) is 0 Å². The highest BCUT2D eigenvalue weighted by molar-refractivity contribution is 5.17. The summed E-state index contributed by atoms with van der Waals surface area (Å²) in [5, 5.41) is 12.2. The van der Waals surface area contributed by atoms with Crippen LogP contribution in [0.5, 0.6) is 0 Å². The molecule has 306 valence electrons. The first kappa shape index (κ1) is 41.8. The van der Waals surface area contributed by atoms with Crippen molar-refractivity contribution in [3.8, 4) is 0 Å². The maximum atomic E-state index is 12.2. The van der Waals surface area contributed by atoms with E-state index in [4.69, 9.17) is 42.6 Å². The number of ether oxygens (including phenoxy) is 9. The second-order valence-electron chi connectivity index (χ2n) is 14.6. The van der Waals surface area contributed by atoms with Gasteiger partial charge in [0.15, 0.2) is 12.6 Å². The van der Waals surface area contributed by atoms with E-state index in [1.54, 1.807) is 7.11 Å². The number of benzene rings is 5. The van der Waals surface area contributed by atoms with E-state index < -0.39 is 61.4 Å². The third kappa shape index (κ3) is 11.5. The SMILES string of the molecule is CO[C@H]1O[C@H](COCc2ccccc2)[C@H](O)[C@H](O[C@H]2O[C@H](C)[C@H](OCc3ccccc3)[C@H](OCc3ccccc3)[C@H]2OCc2ccccc2)[C@H]1OCc1ccccc1. The lowest BCUT2D eigenvalue weighted by molar-refractivity contribution is -0.370. The Kier molecular flexibility index (Phi) is 15.6. The fraction of sp³-hybridized carbons (Fsp3) is 0.375. The van der Waals surface area contributed by atoms with E-state index in [0.29, 0.717) is 19.8 Å². The molecule has 1 N–H and O–H groups in total. The van der Waals surface area contributed by atoms with E-state index in [9.17, 15) is 5.11 Å². The van der Waals surface area contributed by atoms with E-state index in [0.717, 1.165) is 27.8 Å². The quantitative estimate of drug-likeness (QED) is 0.0911. The summed E-state index contributed by atoms with van der Waals surface area (Å²) in [6.45, 7) is 3.49. The van der Waals surface area contributed by atoms with Gasteiger partial charge in [0.2, 0.25) is 0 Å². The minimum absolute atomic E-state index is 0.0786. The van der Waals surface area contributed by atoms with E-state index in [2.05, 4.69) is 0 Å². The second kappa shape index (κ2) is 21.6. The lowest BCUT2D eigenvalue weighted by Gasteiger charge is -2.49. The van der Waals surface area contributed by atoms with Crippen molar-refractivity contribution in [3.05, 3.63) is 179 Å². The Labute approximate surface area is 341 Å². The third-order valence-corrected chi connectivity index (χ3v) is 10.4. The molecule has 0 spiro atoms. The van der Waals surface area contributed by atoms with Gasteiger partial charge >= 0.3 is 0 Å². The first-order valence-electron chi connectivity index (χ1n) is 20.0. The maximum Gasteiger partial charge on any atom is 0.187 e. The molecule has 10 atom stereocenters. The lowest BCUT2D eigenvalue weighted by atomic mass is 9.96. The highest BCUT2D eigenvalue weighted by atomic mass is 16.8. The van der Waals surface area contributed by atoms with Crippen molar-refractivity contribution in [2.24, 2.45) is 0 Å². The zero-order valence-electron chi connectivity index (χ0n) is 33.1. The van der Waals surface area contributed by atoms with Crippen LogP contribution in [0.15, 0.2) is 152 Å². The number of rotatable bonds is 19. The second-order valence-corrected chi connectivity index (χ2v) is 14.6. The van der Waals surface area contributed by atoms with Gasteiger partial charge in [-0.3, -0.25) is 0 Å². The molecule has 10 nitrogen and oxygen atoms in total. The van der Waals surface area contributed by atoms with Crippen LogP contribution in [-0.4, -0.2) is 80.2 Å². The smallest absolute Gasteiger partial charge is 0.187 e. The molecule has 0 aromatic heterocycles. The monoisotopic (exact) mass is 790 g/mol. The van der Waals surface area contributed by atoms with Gasteiger partial charge in [-0.25, -0.2) is 0 Å². The summed E-state index contributed by atoms with van der Waals surface area (Å²) < 4.78 is 58.8. The molecule has 0 amide bonds. The highest BCUT2D eigenvalue weighted by Gasteiger charge is 2.53. The largest absolute Gasteiger partial charge is 0.387 e. The molecule has 5 aromatic rings. The molecular formula is C48H54O10. The van der Waals surface area contributed by atoms with Crippen LogP contribution >= 0.6 is 0 Å². The molecule has 58 heavy (non-hydrogen) atoms. The molecule has 2 aliphatic rings. The predicted molar refractivity (Wildman–Crippen MR) is 217 cm³/mol. The number of hydrogen-bond acceptors (Lipinski definition) is 10. The van der Waals surface area contributed by atoms with E-state index >= 15 is 0 Å². The van der Waals surface area contributed by atoms with Crippen LogP contribution in [0.1, 0.15) is 34.7 Å². The Balaban J connectivity index is 1.18. The van der Waals surface area contributed by atoms with E-state index in [1.165, 1.54) is 0 Å². The molecule has 10 heteroatoms. The Morgan fingerprint density at radius 3 is 1.26 bits per heavy atom. The van der Waals surface area contributed by atoms with Gasteiger partial charge in [0.1, 0.15) is 42.7 Å². The summed E-state index contributed by atoms with van der Waals surface area (Å²) in [5.74, 6) is 0. The molecule has 7 rings (SSSR count). The molecule has 0 radical (unpaired) electrons. The minimum atomic E-state index is -1.20. The summed E-state index contributed by atoms with van der Waals surface area (Å²) >= 11 is 0. The lowest BCUT2D eigenvalue weighted by Crippen LogP contribution is -2.65. The van der Waals surface area contributed by atoms with Crippen molar-refractivity contribution in [1.29, 1.82) is 0 Å². The van der Waals surface area contributed by atoms with Crippen molar-refractivity contribution < 1.29 is 47.7 Å². The van der Waals surface area contributed by atoms with Gasteiger partial charge in [0.05, 0.1) is 45.7 Å². The van der Waals surface area contributed by atoms with Gasteiger partial charge in [-0.05, 0) is 34.7 Å². The Morgan fingerprint density at radius 1 is 0.448 bits per heavy atom. The Bertz CT molecular complexity index is 1870. The molecule has 2 heterocycles. The molecule has 0 unspecified atom stereocenters. The van der Waals surface area contributed by atoms with Crippen LogP contribution in [-0.2, 0) is 75.7 Å². The maximum absolute atomic E-state index is 12.2. The molecule has 2 fully saturated rings. The molecule has 0 aliphatic carbocycles. The van der Waals surface area contributed by atoms with Crippen molar-refractivity contribution >= 4 is 0 Å². The van der Waals surface area contributed by atoms with Crippen molar-refractivity contribution in [1.82, 2.24) is 0 Å². The van der Waals surface area contributed by atoms with E-state index in [-0.39, 0.29) is 19.8 Å². The molecule has 5 aromatic carbocycles. The summed E-state index contributed by atoms with van der Waals surface area (Å²) in [4.78, 5) is 0. The van der Waals surface area contributed by atoms with Crippen molar-refractivity contribution in [2.75, 3.05) is 13.7 Å². The molecule has 0 bridgehead atoms. The molecule has 2 saturated heterocycles. The van der Waals surface area contributed by atoms with E-state index in [1.807, 2.05) is 159 Å². The Morgan fingerprint density at radius 2 is 0.828 bits per heavy atom. The van der Waals surface area contributed by atoms with Gasteiger partial charge in [-0.1, -0.05) is 152 Å². The summed E-state index contributed by atoms with van der Waals surface area (Å²) in [6, 6.07) is 49.6. The number of methoxy groups -OCH3 is 1. The van der Waals surface area contributed by atoms with Crippen LogP contribution in [0.2, 0.25) is 0 Å². The average Bonchev–Trinajstić information content (AvgIpc) is 3.27. The van der Waals surface area contributed by atoms with Gasteiger partial charge in [0, 0.05) is 7.11 Å². The van der Waals surface area contributed by atoms with Crippen LogP contribution in [0, 0.1) is 0 Å². The zero-order chi connectivity index (χ0) is 39.9. The summed E-state index contributed by atoms with van der Waals surface area (Å²) in [5.41, 5.74) is 4.93. The minimum Gasteiger partial charge on any atom is -0.387 e. The molecular weight excluding hydrogens is 737 g/mol. The van der Waals surface area contributed by atoms with Crippen LogP contribution in [0.4, 0.5) is 0 Å². The molecule has 2 aliphatic heterocycles. The zero-order valence-corrected chi connectivity index (χ0v) is 33.1. The van der Waals surface area contributed by atoms with Crippen molar-refractivity contribution in [3.63, 3.8) is 0 Å². The van der Waals surface area contributed by atoms with Crippen LogP contribution in [0.3, 0.4) is 0 Å². The first-order chi connectivity index (χ1) is 28.6. The van der Waals surface area contributed by atoms with Crippen LogP contribution < -0.4 is 0 Å². The fourth-order valence-corrected chi connectivity index (χ4v) is 7.32. The molecule has 0 saturated carbocycles. The number of aliphatic hydroxyl groups excluding tert-OH is 1. The summed E-state index contributed by atoms with van der Waals surface area (Å²) in [6.07, 6.45) is -8.31. The normalized spacial score (nSPS) is 27.3. The van der Waals surface area contributed by atoms with Crippen molar-refractivity contribution in [2.45, 2.75) is 101 Å². The van der Waals surface area contributed by atoms with Gasteiger partial charge in [-0.2, -0.15) is 0 Å². The Hall–Kier alpha value is -4.30. The number of hydrogen-bond donors (Lipinski definition) is 1. The topological polar surface area (TPSA) is 103 Å². The summed E-state index contributed by atoms with van der Waals surface area (Å²) in [7, 11) is 1.55. The first-order valence-corrected chi connectivity index (χ1v) is 20.0. The predicted octanol–water partition coefficient (Wildman–Crippen LogP) is 7.41.